The number of amides is 1. The molecule has 2 aromatic heterocycles. The molecule has 0 fully saturated rings. The highest BCUT2D eigenvalue weighted by Gasteiger charge is 2.31. The Balaban J connectivity index is 1.78. The molecular weight excluding hydrogens is 350 g/mol. The summed E-state index contributed by atoms with van der Waals surface area (Å²) in [5, 5.41) is -0.114. The number of aromatic nitrogens is 2. The van der Waals surface area contributed by atoms with Gasteiger partial charge in [-0.3, -0.25) is 9.20 Å². The first-order chi connectivity index (χ1) is 12.4. The molecule has 0 aliphatic heterocycles. The number of carbonyl (C=O) groups is 1. The van der Waals surface area contributed by atoms with Gasteiger partial charge in [0, 0.05) is 19.5 Å². The summed E-state index contributed by atoms with van der Waals surface area (Å²) in [4.78, 5) is 19.0. The van der Waals surface area contributed by atoms with Crippen molar-refractivity contribution in [1.29, 1.82) is 0 Å². The smallest absolute Gasteiger partial charge is 0.275 e. The Kier molecular flexibility index (Phi) is 3.84. The molecule has 0 N–H and O–H groups in total. The van der Waals surface area contributed by atoms with E-state index in [2.05, 4.69) is 11.1 Å². The number of imidazole rings is 1. The SMILES string of the molecule is CN(C(=O)c1nc(S(C)(=O)=O)n2ccccc12)C1CCc2ccccc21. The van der Waals surface area contributed by atoms with Crippen LogP contribution in [0.5, 0.6) is 0 Å². The molecular formula is C19H19N3O3S. The number of sulfone groups is 1. The third-order valence-electron chi connectivity index (χ3n) is 4.94. The van der Waals surface area contributed by atoms with Gasteiger partial charge in [-0.2, -0.15) is 0 Å². The standard InChI is InChI=1S/C19H19N3O3S/c1-21(15-11-10-13-7-3-4-8-14(13)15)18(23)17-16-9-5-6-12-22(16)19(20-17)26(2,24)25/h3-9,12,15H,10-11H2,1-2H3. The number of hydrogen-bond donors (Lipinski definition) is 0. The van der Waals surface area contributed by atoms with Crippen molar-refractivity contribution in [3.8, 4) is 0 Å². The Morgan fingerprint density at radius 1 is 1.19 bits per heavy atom. The molecule has 1 atom stereocenters. The van der Waals surface area contributed by atoms with E-state index in [0.29, 0.717) is 5.52 Å². The summed E-state index contributed by atoms with van der Waals surface area (Å²) in [5.74, 6) is -0.273. The summed E-state index contributed by atoms with van der Waals surface area (Å²) < 4.78 is 25.6. The van der Waals surface area contributed by atoms with E-state index < -0.39 is 9.84 Å². The topological polar surface area (TPSA) is 71.8 Å². The zero-order chi connectivity index (χ0) is 18.5. The third kappa shape index (κ3) is 2.59. The average molecular weight is 369 g/mol. The van der Waals surface area contributed by atoms with Crippen molar-refractivity contribution in [3.63, 3.8) is 0 Å². The largest absolute Gasteiger partial charge is 0.333 e. The van der Waals surface area contributed by atoms with Crippen LogP contribution in [0.15, 0.2) is 53.8 Å². The first-order valence-corrected chi connectivity index (χ1v) is 10.3. The molecule has 0 saturated carbocycles. The van der Waals surface area contributed by atoms with Crippen LogP contribution in [0, 0.1) is 0 Å². The Hall–Kier alpha value is -2.67. The summed E-state index contributed by atoms with van der Waals surface area (Å²) in [7, 11) is -1.80. The van der Waals surface area contributed by atoms with E-state index in [0.717, 1.165) is 24.7 Å². The van der Waals surface area contributed by atoms with Crippen LogP contribution in [-0.4, -0.2) is 41.9 Å². The monoisotopic (exact) mass is 369 g/mol. The molecule has 0 radical (unpaired) electrons. The predicted molar refractivity (Wildman–Crippen MR) is 97.9 cm³/mol. The molecule has 7 heteroatoms. The maximum Gasteiger partial charge on any atom is 0.275 e. The Labute approximate surface area is 152 Å². The average Bonchev–Trinajstić information content (AvgIpc) is 3.22. The lowest BCUT2D eigenvalue weighted by molar-refractivity contribution is 0.0727. The van der Waals surface area contributed by atoms with Crippen LogP contribution in [0.3, 0.4) is 0 Å². The fraction of sp³-hybridized carbons (Fsp3) is 0.263. The van der Waals surface area contributed by atoms with Gasteiger partial charge >= 0.3 is 0 Å². The van der Waals surface area contributed by atoms with Crippen LogP contribution in [0.1, 0.15) is 34.1 Å². The van der Waals surface area contributed by atoms with Gasteiger partial charge < -0.3 is 4.90 Å². The van der Waals surface area contributed by atoms with Gasteiger partial charge in [-0.1, -0.05) is 30.3 Å². The number of carbonyl (C=O) groups excluding carboxylic acids is 1. The van der Waals surface area contributed by atoms with Gasteiger partial charge in [-0.15, -0.1) is 0 Å². The Bertz CT molecular complexity index is 1120. The fourth-order valence-electron chi connectivity index (χ4n) is 3.67. The lowest BCUT2D eigenvalue weighted by Crippen LogP contribution is -2.30. The van der Waals surface area contributed by atoms with Gasteiger partial charge in [0.15, 0.2) is 5.69 Å². The Morgan fingerprint density at radius 2 is 1.92 bits per heavy atom. The zero-order valence-corrected chi connectivity index (χ0v) is 15.4. The van der Waals surface area contributed by atoms with Crippen LogP contribution in [-0.2, 0) is 16.3 Å². The summed E-state index contributed by atoms with van der Waals surface area (Å²) in [6, 6.07) is 13.3. The van der Waals surface area contributed by atoms with E-state index in [9.17, 15) is 13.2 Å². The first-order valence-electron chi connectivity index (χ1n) is 8.40. The van der Waals surface area contributed by atoms with Crippen molar-refractivity contribution in [1.82, 2.24) is 14.3 Å². The lowest BCUT2D eigenvalue weighted by atomic mass is 10.1. The summed E-state index contributed by atoms with van der Waals surface area (Å²) in [6.07, 6.45) is 4.49. The highest BCUT2D eigenvalue weighted by Crippen LogP contribution is 2.35. The summed E-state index contributed by atoms with van der Waals surface area (Å²) >= 11 is 0. The number of hydrogen-bond acceptors (Lipinski definition) is 4. The highest BCUT2D eigenvalue weighted by molar-refractivity contribution is 7.90. The molecule has 134 valence electrons. The molecule has 1 aromatic carbocycles. The van der Waals surface area contributed by atoms with Crippen LogP contribution >= 0.6 is 0 Å². The van der Waals surface area contributed by atoms with Gasteiger partial charge in [0.25, 0.3) is 5.91 Å². The predicted octanol–water partition coefficient (Wildman–Crippen LogP) is 2.50. The van der Waals surface area contributed by atoms with Crippen molar-refractivity contribution < 1.29 is 13.2 Å². The highest BCUT2D eigenvalue weighted by atomic mass is 32.2. The van der Waals surface area contributed by atoms with Crippen LogP contribution in [0.25, 0.3) is 5.52 Å². The van der Waals surface area contributed by atoms with Crippen LogP contribution in [0.2, 0.25) is 0 Å². The lowest BCUT2D eigenvalue weighted by Gasteiger charge is -2.24. The van der Waals surface area contributed by atoms with Crippen LogP contribution < -0.4 is 0 Å². The summed E-state index contributed by atoms with van der Waals surface area (Å²) in [6.45, 7) is 0. The second kappa shape index (κ2) is 5.95. The molecule has 0 bridgehead atoms. The first kappa shape index (κ1) is 16.8. The molecule has 0 spiro atoms. The van der Waals surface area contributed by atoms with Crippen molar-refractivity contribution in [2.24, 2.45) is 0 Å². The quantitative estimate of drug-likeness (QED) is 0.711. The normalized spacial score (nSPS) is 16.6. The van der Waals surface area contributed by atoms with E-state index in [1.807, 2.05) is 18.2 Å². The number of nitrogens with zero attached hydrogens (tertiary/aromatic N) is 3. The summed E-state index contributed by atoms with van der Waals surface area (Å²) in [5.41, 5.74) is 3.06. The molecule has 26 heavy (non-hydrogen) atoms. The van der Waals surface area contributed by atoms with Crippen molar-refractivity contribution in [2.75, 3.05) is 13.3 Å². The molecule has 0 saturated heterocycles. The van der Waals surface area contributed by atoms with E-state index in [4.69, 9.17) is 0 Å². The Morgan fingerprint density at radius 3 is 2.69 bits per heavy atom. The third-order valence-corrected chi connectivity index (χ3v) is 5.89. The molecule has 1 aliphatic rings. The fourth-order valence-corrected chi connectivity index (χ4v) is 4.45. The van der Waals surface area contributed by atoms with E-state index in [1.54, 1.807) is 36.3 Å². The van der Waals surface area contributed by atoms with Crippen molar-refractivity contribution >= 4 is 21.3 Å². The minimum atomic E-state index is -3.55. The molecule has 6 nitrogen and oxygen atoms in total. The minimum absolute atomic E-state index is 0.0270. The number of aryl methyl sites for hydroxylation is 1. The number of benzene rings is 1. The zero-order valence-electron chi connectivity index (χ0n) is 14.6. The van der Waals surface area contributed by atoms with Gasteiger partial charge in [0.05, 0.1) is 11.6 Å². The van der Waals surface area contributed by atoms with Crippen molar-refractivity contribution in [2.45, 2.75) is 24.0 Å². The number of pyridine rings is 1. The minimum Gasteiger partial charge on any atom is -0.333 e. The maximum absolute atomic E-state index is 13.2. The number of rotatable bonds is 3. The van der Waals surface area contributed by atoms with E-state index in [-0.39, 0.29) is 22.8 Å². The molecule has 2 heterocycles. The molecule has 1 aliphatic carbocycles. The van der Waals surface area contributed by atoms with Gasteiger partial charge in [-0.25, -0.2) is 13.4 Å². The second-order valence-corrected chi connectivity index (χ2v) is 8.55. The second-order valence-electron chi connectivity index (χ2n) is 6.64. The molecule has 1 unspecified atom stereocenters. The van der Waals surface area contributed by atoms with Crippen LogP contribution in [0.4, 0.5) is 0 Å². The van der Waals surface area contributed by atoms with Gasteiger partial charge in [-0.05, 0) is 36.1 Å². The van der Waals surface area contributed by atoms with Gasteiger partial charge in [0.2, 0.25) is 15.0 Å². The maximum atomic E-state index is 13.2. The van der Waals surface area contributed by atoms with E-state index in [1.165, 1.54) is 9.96 Å². The van der Waals surface area contributed by atoms with Crippen molar-refractivity contribution in [3.05, 3.63) is 65.5 Å². The van der Waals surface area contributed by atoms with Gasteiger partial charge in [0.1, 0.15) is 0 Å². The molecule has 4 rings (SSSR count). The van der Waals surface area contributed by atoms with E-state index >= 15 is 0 Å². The molecule has 1 amide bonds. The number of fused-ring (bicyclic) bond motifs is 2. The molecule has 3 aromatic rings.